The second kappa shape index (κ2) is 4.59. The molecule has 0 amide bonds. The molecule has 0 spiro atoms. The number of allylic oxidation sites excluding steroid dienone is 2. The van der Waals surface area contributed by atoms with Crippen LogP contribution in [0.25, 0.3) is 0 Å². The molecule has 0 radical (unpaired) electrons. The van der Waals surface area contributed by atoms with Gasteiger partial charge in [-0.1, -0.05) is 0 Å². The number of carbonyl (C=O) groups excluding carboxylic acids is 1. The lowest BCUT2D eigenvalue weighted by atomic mass is 9.95. The van der Waals surface area contributed by atoms with Crippen molar-refractivity contribution in [2.45, 2.75) is 33.4 Å². The molecule has 1 aliphatic rings. The summed E-state index contributed by atoms with van der Waals surface area (Å²) < 4.78 is 3.56. The number of carbonyl (C=O) groups is 1. The van der Waals surface area contributed by atoms with E-state index in [1.54, 1.807) is 17.8 Å². The van der Waals surface area contributed by atoms with Gasteiger partial charge in [0, 0.05) is 29.6 Å². The third-order valence-electron chi connectivity index (χ3n) is 3.47. The summed E-state index contributed by atoms with van der Waals surface area (Å²) >= 11 is 0. The lowest BCUT2D eigenvalue weighted by Gasteiger charge is -2.26. The van der Waals surface area contributed by atoms with Crippen LogP contribution in [0.15, 0.2) is 30.0 Å². The van der Waals surface area contributed by atoms with E-state index in [9.17, 15) is 4.79 Å². The van der Waals surface area contributed by atoms with E-state index in [0.29, 0.717) is 11.5 Å². The van der Waals surface area contributed by atoms with Crippen LogP contribution in [0, 0.1) is 0 Å². The molecule has 0 fully saturated rings. The first-order valence-corrected chi connectivity index (χ1v) is 6.52. The van der Waals surface area contributed by atoms with Gasteiger partial charge >= 0.3 is 0 Å². The maximum atomic E-state index is 12.0. The minimum atomic E-state index is -0.272. The number of ketones is 1. The Labute approximate surface area is 116 Å². The molecule has 0 aliphatic carbocycles. The smallest absolute Gasteiger partial charge is 0.226 e. The Kier molecular flexibility index (Phi) is 2.89. The number of aryl methyl sites for hydroxylation is 1. The summed E-state index contributed by atoms with van der Waals surface area (Å²) in [7, 11) is 0. The van der Waals surface area contributed by atoms with Gasteiger partial charge in [0.2, 0.25) is 5.95 Å². The minimum Gasteiger partial charge on any atom is -0.328 e. The summed E-state index contributed by atoms with van der Waals surface area (Å²) in [6, 6.07) is -0.272. The van der Waals surface area contributed by atoms with Crippen LogP contribution in [0.4, 0.5) is 5.95 Å². The number of aromatic nitrogens is 5. The highest BCUT2D eigenvalue weighted by Gasteiger charge is 2.32. The second-order valence-electron chi connectivity index (χ2n) is 4.78. The first-order valence-electron chi connectivity index (χ1n) is 6.52. The fourth-order valence-corrected chi connectivity index (χ4v) is 2.55. The fraction of sp³-hybridized carbons (Fsp3) is 0.385. The quantitative estimate of drug-likeness (QED) is 0.913. The Morgan fingerprint density at radius 2 is 2.25 bits per heavy atom. The van der Waals surface area contributed by atoms with E-state index in [4.69, 9.17) is 0 Å². The van der Waals surface area contributed by atoms with Crippen molar-refractivity contribution in [2.24, 2.45) is 0 Å². The minimum absolute atomic E-state index is 0.0189. The van der Waals surface area contributed by atoms with Gasteiger partial charge in [0.25, 0.3) is 0 Å². The number of nitrogens with zero attached hydrogens (tertiary/aromatic N) is 5. The molecular weight excluding hydrogens is 256 g/mol. The molecule has 3 rings (SSSR count). The predicted molar refractivity (Wildman–Crippen MR) is 73.1 cm³/mol. The predicted octanol–water partition coefficient (Wildman–Crippen LogP) is 1.37. The van der Waals surface area contributed by atoms with Gasteiger partial charge in [-0.3, -0.25) is 9.48 Å². The van der Waals surface area contributed by atoms with E-state index >= 15 is 0 Å². The van der Waals surface area contributed by atoms with Gasteiger partial charge in [0.15, 0.2) is 5.78 Å². The van der Waals surface area contributed by atoms with Crippen molar-refractivity contribution in [3.8, 4) is 0 Å². The molecule has 0 unspecified atom stereocenters. The van der Waals surface area contributed by atoms with Crippen molar-refractivity contribution in [3.63, 3.8) is 0 Å². The zero-order valence-corrected chi connectivity index (χ0v) is 11.7. The summed E-state index contributed by atoms with van der Waals surface area (Å²) in [4.78, 5) is 16.2. The molecule has 0 aromatic carbocycles. The average molecular weight is 272 g/mol. The zero-order valence-electron chi connectivity index (χ0n) is 11.7. The van der Waals surface area contributed by atoms with Crippen LogP contribution in [0.1, 0.15) is 32.4 Å². The molecule has 20 heavy (non-hydrogen) atoms. The lowest BCUT2D eigenvalue weighted by Crippen LogP contribution is -2.27. The van der Waals surface area contributed by atoms with Gasteiger partial charge in [-0.05, 0) is 20.8 Å². The number of nitrogens with one attached hydrogen (secondary N) is 1. The van der Waals surface area contributed by atoms with Crippen molar-refractivity contribution in [2.75, 3.05) is 5.32 Å². The molecule has 7 nitrogen and oxygen atoms in total. The maximum Gasteiger partial charge on any atom is 0.226 e. The van der Waals surface area contributed by atoms with Crippen molar-refractivity contribution < 1.29 is 4.79 Å². The number of hydrogen-bond acceptors (Lipinski definition) is 5. The summed E-state index contributed by atoms with van der Waals surface area (Å²) in [5, 5.41) is 11.6. The van der Waals surface area contributed by atoms with E-state index in [0.717, 1.165) is 17.8 Å². The number of hydrogen-bond donors (Lipinski definition) is 1. The first kappa shape index (κ1) is 12.6. The van der Waals surface area contributed by atoms with Gasteiger partial charge in [0.05, 0.1) is 6.20 Å². The Morgan fingerprint density at radius 1 is 1.45 bits per heavy atom. The van der Waals surface area contributed by atoms with Crippen LogP contribution in [0.2, 0.25) is 0 Å². The van der Waals surface area contributed by atoms with E-state index in [-0.39, 0.29) is 11.8 Å². The van der Waals surface area contributed by atoms with Crippen LogP contribution in [-0.2, 0) is 11.3 Å². The van der Waals surface area contributed by atoms with Gasteiger partial charge in [-0.15, -0.1) is 0 Å². The Hall–Kier alpha value is -2.44. The molecule has 0 saturated carbocycles. The second-order valence-corrected chi connectivity index (χ2v) is 4.78. The van der Waals surface area contributed by atoms with Crippen LogP contribution in [-0.4, -0.2) is 30.3 Å². The van der Waals surface area contributed by atoms with Crippen molar-refractivity contribution in [1.29, 1.82) is 0 Å². The monoisotopic (exact) mass is 272 g/mol. The molecule has 0 saturated heterocycles. The number of rotatable bonds is 3. The normalized spacial score (nSPS) is 17.9. The molecule has 104 valence electrons. The topological polar surface area (TPSA) is 77.6 Å². The molecular formula is C13H16N6O. The Morgan fingerprint density at radius 3 is 2.90 bits per heavy atom. The Balaban J connectivity index is 2.16. The molecule has 2 aromatic heterocycles. The van der Waals surface area contributed by atoms with Gasteiger partial charge in [-0.25, -0.2) is 4.68 Å². The third kappa shape index (κ3) is 1.82. The molecule has 1 N–H and O–H groups in total. The molecule has 0 bridgehead atoms. The van der Waals surface area contributed by atoms with Crippen LogP contribution >= 0.6 is 0 Å². The van der Waals surface area contributed by atoms with Crippen molar-refractivity contribution in [1.82, 2.24) is 24.5 Å². The summed E-state index contributed by atoms with van der Waals surface area (Å²) in [6.07, 6.45) is 5.20. The fourth-order valence-electron chi connectivity index (χ4n) is 2.55. The van der Waals surface area contributed by atoms with E-state index in [2.05, 4.69) is 20.5 Å². The largest absolute Gasteiger partial charge is 0.328 e. The van der Waals surface area contributed by atoms with E-state index < -0.39 is 0 Å². The highest BCUT2D eigenvalue weighted by Crippen LogP contribution is 2.34. The van der Waals surface area contributed by atoms with Gasteiger partial charge in [-0.2, -0.15) is 15.2 Å². The zero-order chi connectivity index (χ0) is 14.3. The van der Waals surface area contributed by atoms with Crippen molar-refractivity contribution in [3.05, 3.63) is 35.6 Å². The van der Waals surface area contributed by atoms with Gasteiger partial charge in [0.1, 0.15) is 12.4 Å². The highest BCUT2D eigenvalue weighted by atomic mass is 16.1. The molecule has 1 aliphatic heterocycles. The highest BCUT2D eigenvalue weighted by molar-refractivity contribution is 5.96. The maximum absolute atomic E-state index is 12.0. The SMILES string of the molecule is CCn1cc([C@H]2C(C(C)=O)=C(C)Nc3ncnn32)cn1. The summed E-state index contributed by atoms with van der Waals surface area (Å²) in [5.41, 5.74) is 2.44. The van der Waals surface area contributed by atoms with Crippen LogP contribution < -0.4 is 5.32 Å². The van der Waals surface area contributed by atoms with Crippen molar-refractivity contribution >= 4 is 11.7 Å². The van der Waals surface area contributed by atoms with Gasteiger partial charge < -0.3 is 5.32 Å². The standard InChI is InChI=1S/C13H16N6O/c1-4-18-6-10(5-15-18)12-11(9(3)20)8(2)17-13-14-7-16-19(12)13/h5-7,12H,4H2,1-3H3,(H,14,16,17)/t12-/m0/s1. The lowest BCUT2D eigenvalue weighted by molar-refractivity contribution is -0.114. The molecule has 2 aromatic rings. The van der Waals surface area contributed by atoms with E-state index in [1.807, 2.05) is 24.7 Å². The third-order valence-corrected chi connectivity index (χ3v) is 3.47. The summed E-state index contributed by atoms with van der Waals surface area (Å²) in [5.74, 6) is 0.659. The van der Waals surface area contributed by atoms with Crippen LogP contribution in [0.5, 0.6) is 0 Å². The molecule has 3 heterocycles. The average Bonchev–Trinajstić information content (AvgIpc) is 3.04. The Bertz CT molecular complexity index is 695. The number of Topliss-reactive ketones (excluding diaryl/α,β-unsaturated/α-hetero) is 1. The number of anilines is 1. The molecule has 7 heteroatoms. The summed E-state index contributed by atoms with van der Waals surface area (Å²) in [6.45, 7) is 6.26. The number of fused-ring (bicyclic) bond motifs is 1. The van der Waals surface area contributed by atoms with Crippen LogP contribution in [0.3, 0.4) is 0 Å². The van der Waals surface area contributed by atoms with E-state index in [1.165, 1.54) is 6.33 Å². The first-order chi connectivity index (χ1) is 9.61. The molecule has 1 atom stereocenters.